The minimum absolute atomic E-state index is 0.0178. The fourth-order valence-corrected chi connectivity index (χ4v) is 3.31. The van der Waals surface area contributed by atoms with E-state index in [0.29, 0.717) is 24.8 Å². The normalized spacial score (nSPS) is 18.0. The average molecular weight is 332 g/mol. The molecule has 4 heteroatoms. The van der Waals surface area contributed by atoms with E-state index in [0.717, 1.165) is 30.8 Å². The van der Waals surface area contributed by atoms with Crippen molar-refractivity contribution in [2.24, 2.45) is 11.8 Å². The molecule has 0 bridgehead atoms. The van der Waals surface area contributed by atoms with Gasteiger partial charge in [0.1, 0.15) is 11.9 Å². The number of nitrogens with one attached hydrogen (secondary N) is 2. The second kappa shape index (κ2) is 9.67. The summed E-state index contributed by atoms with van der Waals surface area (Å²) in [6, 6.07) is 8.02. The Labute approximate surface area is 146 Å². The number of amides is 1. The van der Waals surface area contributed by atoms with Crippen LogP contribution >= 0.6 is 0 Å². The molecule has 24 heavy (non-hydrogen) atoms. The van der Waals surface area contributed by atoms with E-state index in [1.165, 1.54) is 12.8 Å². The van der Waals surface area contributed by atoms with Crippen molar-refractivity contribution in [2.45, 2.75) is 52.6 Å². The second-order valence-corrected chi connectivity index (χ2v) is 6.99. The fourth-order valence-electron chi connectivity index (χ4n) is 3.31. The smallest absolute Gasteiger partial charge is 0.220 e. The molecule has 0 radical (unpaired) electrons. The summed E-state index contributed by atoms with van der Waals surface area (Å²) in [5.74, 6) is 2.17. The van der Waals surface area contributed by atoms with Crippen LogP contribution in [0.4, 0.5) is 0 Å². The van der Waals surface area contributed by atoms with Gasteiger partial charge in [0.2, 0.25) is 5.91 Å². The summed E-state index contributed by atoms with van der Waals surface area (Å²) < 4.78 is 6.04. The lowest BCUT2D eigenvalue weighted by Crippen LogP contribution is -2.37. The average Bonchev–Trinajstić information content (AvgIpc) is 2.60. The maximum atomic E-state index is 12.3. The Morgan fingerprint density at radius 2 is 2.04 bits per heavy atom. The van der Waals surface area contributed by atoms with Crippen molar-refractivity contribution in [3.63, 3.8) is 0 Å². The number of aryl methyl sites for hydroxylation is 1. The standard InChI is InChI=1S/C20H32N2O2/c1-4-18(24-19-8-6-5-7-15(19)2)14-22-20(23)13-16(3)17-9-11-21-12-10-17/h5-8,16-18,21H,4,9-14H2,1-3H3,(H,22,23). The van der Waals surface area contributed by atoms with Crippen LogP contribution in [0.25, 0.3) is 0 Å². The minimum atomic E-state index is 0.0178. The maximum Gasteiger partial charge on any atom is 0.220 e. The summed E-state index contributed by atoms with van der Waals surface area (Å²) >= 11 is 0. The maximum absolute atomic E-state index is 12.3. The number of para-hydroxylation sites is 1. The molecule has 0 spiro atoms. The van der Waals surface area contributed by atoms with E-state index in [4.69, 9.17) is 4.74 Å². The summed E-state index contributed by atoms with van der Waals surface area (Å²) in [4.78, 5) is 12.3. The zero-order valence-corrected chi connectivity index (χ0v) is 15.3. The number of rotatable bonds is 8. The molecule has 0 aliphatic carbocycles. The van der Waals surface area contributed by atoms with Crippen LogP contribution in [0, 0.1) is 18.8 Å². The highest BCUT2D eigenvalue weighted by Crippen LogP contribution is 2.24. The Morgan fingerprint density at radius 3 is 2.71 bits per heavy atom. The number of ether oxygens (including phenoxy) is 1. The zero-order valence-electron chi connectivity index (χ0n) is 15.3. The van der Waals surface area contributed by atoms with Gasteiger partial charge in [-0.15, -0.1) is 0 Å². The highest BCUT2D eigenvalue weighted by atomic mass is 16.5. The monoisotopic (exact) mass is 332 g/mol. The first-order chi connectivity index (χ1) is 11.6. The quantitative estimate of drug-likeness (QED) is 0.768. The Kier molecular flexibility index (Phi) is 7.57. The first kappa shape index (κ1) is 18.8. The SMILES string of the molecule is CCC(CNC(=O)CC(C)C1CCNCC1)Oc1ccccc1C. The molecule has 2 N–H and O–H groups in total. The molecule has 1 aromatic carbocycles. The van der Waals surface area contributed by atoms with Crippen LogP contribution in [0.5, 0.6) is 5.75 Å². The number of hydrogen-bond acceptors (Lipinski definition) is 3. The fraction of sp³-hybridized carbons (Fsp3) is 0.650. The van der Waals surface area contributed by atoms with E-state index in [1.807, 2.05) is 31.2 Å². The third kappa shape index (κ3) is 5.82. The van der Waals surface area contributed by atoms with E-state index in [-0.39, 0.29) is 12.0 Å². The van der Waals surface area contributed by atoms with Crippen LogP contribution in [0.15, 0.2) is 24.3 Å². The van der Waals surface area contributed by atoms with Crippen LogP contribution < -0.4 is 15.4 Å². The van der Waals surface area contributed by atoms with Gasteiger partial charge in [-0.1, -0.05) is 32.0 Å². The summed E-state index contributed by atoms with van der Waals surface area (Å²) in [5, 5.41) is 6.45. The van der Waals surface area contributed by atoms with Crippen LogP contribution in [0.1, 0.15) is 45.1 Å². The lowest BCUT2D eigenvalue weighted by atomic mass is 9.84. The predicted octanol–water partition coefficient (Wildman–Crippen LogP) is 3.29. The Morgan fingerprint density at radius 1 is 1.33 bits per heavy atom. The molecule has 1 heterocycles. The highest BCUT2D eigenvalue weighted by molar-refractivity contribution is 5.76. The van der Waals surface area contributed by atoms with Gasteiger partial charge in [0.25, 0.3) is 0 Å². The summed E-state index contributed by atoms with van der Waals surface area (Å²) in [7, 11) is 0. The third-order valence-electron chi connectivity index (χ3n) is 5.07. The van der Waals surface area contributed by atoms with Gasteiger partial charge in [-0.2, -0.15) is 0 Å². The molecule has 2 rings (SSSR count). The topological polar surface area (TPSA) is 50.4 Å². The molecule has 1 fully saturated rings. The lowest BCUT2D eigenvalue weighted by Gasteiger charge is -2.28. The van der Waals surface area contributed by atoms with Gasteiger partial charge in [0.05, 0.1) is 6.54 Å². The van der Waals surface area contributed by atoms with E-state index in [2.05, 4.69) is 24.5 Å². The number of hydrogen-bond donors (Lipinski definition) is 2. The number of carbonyl (C=O) groups is 1. The largest absolute Gasteiger partial charge is 0.488 e. The van der Waals surface area contributed by atoms with Crippen LogP contribution in [-0.2, 0) is 4.79 Å². The number of carbonyl (C=O) groups excluding carboxylic acids is 1. The van der Waals surface area contributed by atoms with Crippen molar-refractivity contribution in [3.05, 3.63) is 29.8 Å². The lowest BCUT2D eigenvalue weighted by molar-refractivity contribution is -0.122. The van der Waals surface area contributed by atoms with Gasteiger partial charge < -0.3 is 15.4 Å². The molecule has 0 aromatic heterocycles. The van der Waals surface area contributed by atoms with E-state index >= 15 is 0 Å². The van der Waals surface area contributed by atoms with Crippen LogP contribution in [-0.4, -0.2) is 31.6 Å². The first-order valence-corrected chi connectivity index (χ1v) is 9.29. The Balaban J connectivity index is 1.75. The zero-order chi connectivity index (χ0) is 17.4. The Hall–Kier alpha value is -1.55. The molecular weight excluding hydrogens is 300 g/mol. The van der Waals surface area contributed by atoms with Gasteiger partial charge in [-0.3, -0.25) is 4.79 Å². The van der Waals surface area contributed by atoms with Crippen LogP contribution in [0.2, 0.25) is 0 Å². The number of piperidine rings is 1. The van der Waals surface area contributed by atoms with Gasteiger partial charge in [0.15, 0.2) is 0 Å². The molecule has 1 aliphatic heterocycles. The molecule has 2 atom stereocenters. The summed E-state index contributed by atoms with van der Waals surface area (Å²) in [6.07, 6.45) is 3.87. The second-order valence-electron chi connectivity index (χ2n) is 6.99. The van der Waals surface area contributed by atoms with Gasteiger partial charge in [-0.05, 0) is 62.7 Å². The molecule has 134 valence electrons. The minimum Gasteiger partial charge on any atom is -0.488 e. The van der Waals surface area contributed by atoms with Crippen molar-refractivity contribution < 1.29 is 9.53 Å². The molecule has 1 saturated heterocycles. The van der Waals surface area contributed by atoms with Crippen molar-refractivity contribution >= 4 is 5.91 Å². The Bertz CT molecular complexity index is 512. The van der Waals surface area contributed by atoms with Gasteiger partial charge in [-0.25, -0.2) is 0 Å². The van der Waals surface area contributed by atoms with E-state index in [1.54, 1.807) is 0 Å². The van der Waals surface area contributed by atoms with E-state index < -0.39 is 0 Å². The van der Waals surface area contributed by atoms with Gasteiger partial charge in [0, 0.05) is 6.42 Å². The molecule has 1 aliphatic rings. The van der Waals surface area contributed by atoms with Gasteiger partial charge >= 0.3 is 0 Å². The molecule has 0 saturated carbocycles. The molecular formula is C20H32N2O2. The molecule has 1 aromatic rings. The van der Waals surface area contributed by atoms with Crippen molar-refractivity contribution in [2.75, 3.05) is 19.6 Å². The molecule has 1 amide bonds. The van der Waals surface area contributed by atoms with Crippen LogP contribution in [0.3, 0.4) is 0 Å². The van der Waals surface area contributed by atoms with Crippen molar-refractivity contribution in [1.29, 1.82) is 0 Å². The third-order valence-corrected chi connectivity index (χ3v) is 5.07. The molecule has 2 unspecified atom stereocenters. The molecule has 4 nitrogen and oxygen atoms in total. The number of benzene rings is 1. The first-order valence-electron chi connectivity index (χ1n) is 9.29. The highest BCUT2D eigenvalue weighted by Gasteiger charge is 2.22. The van der Waals surface area contributed by atoms with Crippen molar-refractivity contribution in [3.8, 4) is 5.75 Å². The predicted molar refractivity (Wildman–Crippen MR) is 98.3 cm³/mol. The van der Waals surface area contributed by atoms with E-state index in [9.17, 15) is 4.79 Å². The summed E-state index contributed by atoms with van der Waals surface area (Å²) in [5.41, 5.74) is 1.13. The van der Waals surface area contributed by atoms with Crippen molar-refractivity contribution in [1.82, 2.24) is 10.6 Å². The summed E-state index contributed by atoms with van der Waals surface area (Å²) in [6.45, 7) is 9.07.